The summed E-state index contributed by atoms with van der Waals surface area (Å²) in [4.78, 5) is 15.2. The van der Waals surface area contributed by atoms with Crippen LogP contribution in [0, 0.1) is 0 Å². The molecule has 1 saturated heterocycles. The van der Waals surface area contributed by atoms with Crippen LogP contribution in [0.4, 0.5) is 0 Å². The molecule has 1 aromatic heterocycles. The van der Waals surface area contributed by atoms with E-state index in [0.717, 1.165) is 38.0 Å². The number of para-hydroxylation sites is 1. The van der Waals surface area contributed by atoms with Crippen molar-refractivity contribution in [3.8, 4) is 0 Å². The van der Waals surface area contributed by atoms with Crippen LogP contribution in [0.3, 0.4) is 0 Å². The van der Waals surface area contributed by atoms with Crippen molar-refractivity contribution in [1.82, 2.24) is 10.3 Å². The average molecular weight is 272 g/mol. The number of amides is 1. The van der Waals surface area contributed by atoms with Crippen LogP contribution >= 0.6 is 0 Å². The maximum absolute atomic E-state index is 12.0. The van der Waals surface area contributed by atoms with Crippen LogP contribution < -0.4 is 5.32 Å². The summed E-state index contributed by atoms with van der Waals surface area (Å²) in [5, 5.41) is 4.31. The van der Waals surface area contributed by atoms with Gasteiger partial charge in [-0.2, -0.15) is 0 Å². The number of hydrogen-bond acceptors (Lipinski definition) is 2. The van der Waals surface area contributed by atoms with Crippen molar-refractivity contribution in [3.63, 3.8) is 0 Å². The molecule has 3 rings (SSSR count). The number of fused-ring (bicyclic) bond motifs is 1. The van der Waals surface area contributed by atoms with Crippen molar-refractivity contribution in [2.24, 2.45) is 0 Å². The average Bonchev–Trinajstić information content (AvgIpc) is 2.89. The number of nitrogens with one attached hydrogen (secondary N) is 2. The number of benzene rings is 1. The number of aromatic amines is 1. The summed E-state index contributed by atoms with van der Waals surface area (Å²) in [5.41, 5.74) is 2.34. The topological polar surface area (TPSA) is 54.1 Å². The number of carbonyl (C=O) groups is 1. The summed E-state index contributed by atoms with van der Waals surface area (Å²) in [6, 6.07) is 8.49. The number of aryl methyl sites for hydroxylation is 1. The molecule has 1 aliphatic rings. The Bertz CT molecular complexity index is 585. The molecule has 106 valence electrons. The summed E-state index contributed by atoms with van der Waals surface area (Å²) in [6.45, 7) is 1.51. The van der Waals surface area contributed by atoms with Crippen LogP contribution in [0.2, 0.25) is 0 Å². The van der Waals surface area contributed by atoms with Crippen LogP contribution in [0.1, 0.15) is 24.8 Å². The standard InChI is InChI=1S/C16H20N2O2/c19-16(18-13-7-9-20-10-8-13)6-5-12-11-17-15-4-2-1-3-14(12)15/h1-4,11,13,17H,5-10H2,(H,18,19). The molecule has 0 radical (unpaired) electrons. The Balaban J connectivity index is 1.54. The van der Waals surface area contributed by atoms with Gasteiger partial charge in [0.15, 0.2) is 0 Å². The zero-order valence-electron chi connectivity index (χ0n) is 11.5. The normalized spacial score (nSPS) is 16.4. The highest BCUT2D eigenvalue weighted by Gasteiger charge is 2.16. The van der Waals surface area contributed by atoms with Gasteiger partial charge in [-0.05, 0) is 30.9 Å². The maximum Gasteiger partial charge on any atom is 0.220 e. The Hall–Kier alpha value is -1.81. The quantitative estimate of drug-likeness (QED) is 0.898. The van der Waals surface area contributed by atoms with Gasteiger partial charge >= 0.3 is 0 Å². The molecule has 20 heavy (non-hydrogen) atoms. The highest BCUT2D eigenvalue weighted by atomic mass is 16.5. The van der Waals surface area contributed by atoms with E-state index in [1.807, 2.05) is 18.3 Å². The van der Waals surface area contributed by atoms with E-state index < -0.39 is 0 Å². The lowest BCUT2D eigenvalue weighted by Gasteiger charge is -2.23. The van der Waals surface area contributed by atoms with Gasteiger partial charge in [-0.1, -0.05) is 18.2 Å². The minimum absolute atomic E-state index is 0.141. The van der Waals surface area contributed by atoms with Crippen molar-refractivity contribution in [2.75, 3.05) is 13.2 Å². The second-order valence-corrected chi connectivity index (χ2v) is 5.31. The second kappa shape index (κ2) is 6.09. The number of carbonyl (C=O) groups excluding carboxylic acids is 1. The van der Waals surface area contributed by atoms with Crippen LogP contribution in [0.5, 0.6) is 0 Å². The molecule has 2 aromatic rings. The van der Waals surface area contributed by atoms with E-state index in [1.165, 1.54) is 10.9 Å². The highest BCUT2D eigenvalue weighted by molar-refractivity contribution is 5.84. The fourth-order valence-corrected chi connectivity index (χ4v) is 2.73. The fraction of sp³-hybridized carbons (Fsp3) is 0.438. The largest absolute Gasteiger partial charge is 0.381 e. The molecule has 4 heteroatoms. The molecule has 1 fully saturated rings. The first-order valence-corrected chi connectivity index (χ1v) is 7.25. The summed E-state index contributed by atoms with van der Waals surface area (Å²) in [7, 11) is 0. The Morgan fingerprint density at radius 2 is 2.10 bits per heavy atom. The number of ether oxygens (including phenoxy) is 1. The molecule has 0 aliphatic carbocycles. The summed E-state index contributed by atoms with van der Waals surface area (Å²) >= 11 is 0. The van der Waals surface area contributed by atoms with E-state index in [2.05, 4.69) is 22.4 Å². The van der Waals surface area contributed by atoms with Crippen LogP contribution in [0.25, 0.3) is 10.9 Å². The SMILES string of the molecule is O=C(CCc1c[nH]c2ccccc12)NC1CCOCC1. The third kappa shape index (κ3) is 3.02. The molecule has 2 N–H and O–H groups in total. The molecule has 1 aromatic carbocycles. The Kier molecular flexibility index (Phi) is 4.02. The first kappa shape index (κ1) is 13.2. The number of rotatable bonds is 4. The molecular formula is C16H20N2O2. The molecule has 0 saturated carbocycles. The van der Waals surface area contributed by atoms with Gasteiger partial charge in [-0.25, -0.2) is 0 Å². The molecule has 1 amide bonds. The van der Waals surface area contributed by atoms with Gasteiger partial charge in [0.1, 0.15) is 0 Å². The molecule has 2 heterocycles. The lowest BCUT2D eigenvalue weighted by atomic mass is 10.1. The van der Waals surface area contributed by atoms with Crippen molar-refractivity contribution >= 4 is 16.8 Å². The van der Waals surface area contributed by atoms with E-state index in [9.17, 15) is 4.79 Å². The molecule has 0 spiro atoms. The first-order valence-electron chi connectivity index (χ1n) is 7.25. The van der Waals surface area contributed by atoms with Crippen LogP contribution in [0.15, 0.2) is 30.5 Å². The minimum Gasteiger partial charge on any atom is -0.381 e. The molecular weight excluding hydrogens is 252 g/mol. The molecule has 4 nitrogen and oxygen atoms in total. The lowest BCUT2D eigenvalue weighted by Crippen LogP contribution is -2.38. The fourth-order valence-electron chi connectivity index (χ4n) is 2.73. The van der Waals surface area contributed by atoms with Crippen molar-refractivity contribution < 1.29 is 9.53 Å². The van der Waals surface area contributed by atoms with E-state index in [1.54, 1.807) is 0 Å². The molecule has 0 bridgehead atoms. The second-order valence-electron chi connectivity index (χ2n) is 5.31. The van der Waals surface area contributed by atoms with Gasteiger partial charge in [0.25, 0.3) is 0 Å². The zero-order valence-corrected chi connectivity index (χ0v) is 11.5. The first-order chi connectivity index (χ1) is 9.83. The Morgan fingerprint density at radius 3 is 2.95 bits per heavy atom. The van der Waals surface area contributed by atoms with Crippen molar-refractivity contribution in [1.29, 1.82) is 0 Å². The molecule has 1 aliphatic heterocycles. The zero-order chi connectivity index (χ0) is 13.8. The van der Waals surface area contributed by atoms with E-state index in [4.69, 9.17) is 4.74 Å². The van der Waals surface area contributed by atoms with Gasteiger partial charge in [0, 0.05) is 42.8 Å². The molecule has 0 atom stereocenters. The summed E-state index contributed by atoms with van der Waals surface area (Å²) in [5.74, 6) is 0.141. The van der Waals surface area contributed by atoms with Crippen molar-refractivity contribution in [2.45, 2.75) is 31.7 Å². The highest BCUT2D eigenvalue weighted by Crippen LogP contribution is 2.19. The maximum atomic E-state index is 12.0. The van der Waals surface area contributed by atoms with Crippen molar-refractivity contribution in [3.05, 3.63) is 36.0 Å². The number of H-pyrrole nitrogens is 1. The van der Waals surface area contributed by atoms with Gasteiger partial charge in [0.2, 0.25) is 5.91 Å². The third-order valence-electron chi connectivity index (χ3n) is 3.88. The summed E-state index contributed by atoms with van der Waals surface area (Å²) in [6.07, 6.45) is 5.18. The van der Waals surface area contributed by atoms with Gasteiger partial charge < -0.3 is 15.0 Å². The number of aromatic nitrogens is 1. The molecule has 0 unspecified atom stereocenters. The summed E-state index contributed by atoms with van der Waals surface area (Å²) < 4.78 is 5.29. The van der Waals surface area contributed by atoms with Gasteiger partial charge in [-0.15, -0.1) is 0 Å². The third-order valence-corrected chi connectivity index (χ3v) is 3.88. The monoisotopic (exact) mass is 272 g/mol. The van der Waals surface area contributed by atoms with E-state index in [-0.39, 0.29) is 5.91 Å². The predicted molar refractivity (Wildman–Crippen MR) is 78.6 cm³/mol. The van der Waals surface area contributed by atoms with Gasteiger partial charge in [-0.3, -0.25) is 4.79 Å². The Labute approximate surface area is 118 Å². The van der Waals surface area contributed by atoms with Crippen LogP contribution in [-0.4, -0.2) is 30.1 Å². The lowest BCUT2D eigenvalue weighted by molar-refractivity contribution is -0.122. The Morgan fingerprint density at radius 1 is 1.30 bits per heavy atom. The smallest absolute Gasteiger partial charge is 0.220 e. The number of hydrogen-bond donors (Lipinski definition) is 2. The van der Waals surface area contributed by atoms with E-state index >= 15 is 0 Å². The predicted octanol–water partition coefficient (Wildman–Crippen LogP) is 2.40. The van der Waals surface area contributed by atoms with E-state index in [0.29, 0.717) is 12.5 Å². The van der Waals surface area contributed by atoms with Gasteiger partial charge in [0.05, 0.1) is 0 Å². The van der Waals surface area contributed by atoms with Crippen LogP contribution in [-0.2, 0) is 16.0 Å². The minimum atomic E-state index is 0.141.